The monoisotopic (exact) mass is 365 g/mol. The molecule has 1 aromatic carbocycles. The number of aromatic nitrogens is 3. The zero-order chi connectivity index (χ0) is 19.1. The topological polar surface area (TPSA) is 81.1 Å². The lowest BCUT2D eigenvalue weighted by Crippen LogP contribution is -2.36. The summed E-state index contributed by atoms with van der Waals surface area (Å²) in [6.07, 6.45) is 7.05. The van der Waals surface area contributed by atoms with Crippen LogP contribution in [0.3, 0.4) is 0 Å². The van der Waals surface area contributed by atoms with Crippen molar-refractivity contribution in [2.24, 2.45) is 0 Å². The predicted octanol–water partition coefficient (Wildman–Crippen LogP) is 3.23. The minimum Gasteiger partial charge on any atom is -0.478 e. The normalized spacial score (nSPS) is 11.6. The van der Waals surface area contributed by atoms with Gasteiger partial charge in [0.15, 0.2) is 0 Å². The Labute approximate surface area is 158 Å². The molecule has 0 saturated heterocycles. The highest BCUT2D eigenvalue weighted by molar-refractivity contribution is 5.74. The van der Waals surface area contributed by atoms with Gasteiger partial charge in [0.05, 0.1) is 19.0 Å². The third-order valence-corrected chi connectivity index (χ3v) is 4.11. The first kappa shape index (κ1) is 18.4. The molecule has 0 spiro atoms. The van der Waals surface area contributed by atoms with Crippen LogP contribution in [0.15, 0.2) is 61.3 Å². The Hall–Kier alpha value is -3.35. The number of carbonyl (C=O) groups is 1. The SMILES string of the molecule is CCOc1ncccc1CNC(=O)N[C@H](C)c1ccc(-n2ccnc2)cc1. The lowest BCUT2D eigenvalue weighted by molar-refractivity contribution is 0.237. The van der Waals surface area contributed by atoms with Crippen LogP contribution >= 0.6 is 0 Å². The van der Waals surface area contributed by atoms with Gasteiger partial charge in [-0.25, -0.2) is 14.8 Å². The van der Waals surface area contributed by atoms with Crippen molar-refractivity contribution in [1.29, 1.82) is 0 Å². The van der Waals surface area contributed by atoms with E-state index < -0.39 is 0 Å². The largest absolute Gasteiger partial charge is 0.478 e. The van der Waals surface area contributed by atoms with Gasteiger partial charge in [-0.1, -0.05) is 18.2 Å². The van der Waals surface area contributed by atoms with Crippen LogP contribution in [-0.2, 0) is 6.54 Å². The van der Waals surface area contributed by atoms with Gasteiger partial charge in [0, 0.05) is 36.4 Å². The number of amides is 2. The van der Waals surface area contributed by atoms with Crippen LogP contribution in [-0.4, -0.2) is 27.2 Å². The number of pyridine rings is 1. The Morgan fingerprint density at radius 1 is 1.22 bits per heavy atom. The highest BCUT2D eigenvalue weighted by atomic mass is 16.5. The first-order chi connectivity index (χ1) is 13.2. The molecule has 2 aromatic heterocycles. The molecule has 2 heterocycles. The van der Waals surface area contributed by atoms with Crippen LogP contribution in [0.2, 0.25) is 0 Å². The molecule has 7 nitrogen and oxygen atoms in total. The third-order valence-electron chi connectivity index (χ3n) is 4.11. The summed E-state index contributed by atoms with van der Waals surface area (Å²) in [6.45, 7) is 4.73. The molecule has 0 fully saturated rings. The van der Waals surface area contributed by atoms with Crippen molar-refractivity contribution in [2.75, 3.05) is 6.61 Å². The highest BCUT2D eigenvalue weighted by Crippen LogP contribution is 2.16. The van der Waals surface area contributed by atoms with E-state index in [1.165, 1.54) is 0 Å². The fraction of sp³-hybridized carbons (Fsp3) is 0.250. The van der Waals surface area contributed by atoms with Crippen LogP contribution < -0.4 is 15.4 Å². The van der Waals surface area contributed by atoms with E-state index in [1.54, 1.807) is 18.7 Å². The first-order valence-corrected chi connectivity index (χ1v) is 8.86. The van der Waals surface area contributed by atoms with Crippen molar-refractivity contribution in [3.8, 4) is 11.6 Å². The number of ether oxygens (including phenoxy) is 1. The zero-order valence-corrected chi connectivity index (χ0v) is 15.4. The number of urea groups is 1. The molecule has 27 heavy (non-hydrogen) atoms. The Bertz CT molecular complexity index is 862. The molecule has 0 radical (unpaired) electrons. The quantitative estimate of drug-likeness (QED) is 0.674. The van der Waals surface area contributed by atoms with Crippen LogP contribution in [0.1, 0.15) is 31.0 Å². The van der Waals surface area contributed by atoms with Crippen molar-refractivity contribution >= 4 is 6.03 Å². The lowest BCUT2D eigenvalue weighted by Gasteiger charge is -2.16. The standard InChI is InChI=1S/C20H23N5O2/c1-3-27-19-17(5-4-10-22-19)13-23-20(26)24-15(2)16-6-8-18(9-7-16)25-12-11-21-14-25/h4-12,14-15H,3,13H2,1-2H3,(H2,23,24,26)/t15-/m1/s1. The number of rotatable bonds is 7. The number of carbonyl (C=O) groups excluding carboxylic acids is 1. The van der Waals surface area contributed by atoms with Crippen molar-refractivity contribution in [3.63, 3.8) is 0 Å². The van der Waals surface area contributed by atoms with Gasteiger partial charge in [0.25, 0.3) is 0 Å². The smallest absolute Gasteiger partial charge is 0.315 e. The number of hydrogen-bond acceptors (Lipinski definition) is 4. The summed E-state index contributed by atoms with van der Waals surface area (Å²) in [5.41, 5.74) is 2.88. The van der Waals surface area contributed by atoms with Gasteiger partial charge in [0.1, 0.15) is 0 Å². The molecule has 0 aliphatic rings. The van der Waals surface area contributed by atoms with E-state index in [4.69, 9.17) is 4.74 Å². The Balaban J connectivity index is 1.55. The molecule has 0 bridgehead atoms. The fourth-order valence-corrected chi connectivity index (χ4v) is 2.68. The van der Waals surface area contributed by atoms with Crippen molar-refractivity contribution in [1.82, 2.24) is 25.2 Å². The fourth-order valence-electron chi connectivity index (χ4n) is 2.68. The summed E-state index contributed by atoms with van der Waals surface area (Å²) in [7, 11) is 0. The van der Waals surface area contributed by atoms with E-state index in [0.717, 1.165) is 16.8 Å². The van der Waals surface area contributed by atoms with Crippen molar-refractivity contribution < 1.29 is 9.53 Å². The predicted molar refractivity (Wildman–Crippen MR) is 103 cm³/mol. The summed E-state index contributed by atoms with van der Waals surface area (Å²) in [4.78, 5) is 20.5. The zero-order valence-electron chi connectivity index (χ0n) is 15.4. The first-order valence-electron chi connectivity index (χ1n) is 8.86. The minimum atomic E-state index is -0.243. The summed E-state index contributed by atoms with van der Waals surface area (Å²) < 4.78 is 7.40. The van der Waals surface area contributed by atoms with Crippen molar-refractivity contribution in [2.45, 2.75) is 26.4 Å². The number of benzene rings is 1. The van der Waals surface area contributed by atoms with Gasteiger partial charge in [0.2, 0.25) is 5.88 Å². The maximum absolute atomic E-state index is 12.2. The van der Waals surface area contributed by atoms with E-state index in [9.17, 15) is 4.79 Å². The second kappa shape index (κ2) is 8.84. The summed E-state index contributed by atoms with van der Waals surface area (Å²) in [5.74, 6) is 0.545. The van der Waals surface area contributed by atoms with E-state index in [-0.39, 0.29) is 12.1 Å². The second-order valence-electron chi connectivity index (χ2n) is 6.01. The van der Waals surface area contributed by atoms with Crippen LogP contribution in [0.5, 0.6) is 5.88 Å². The van der Waals surface area contributed by atoms with E-state index in [2.05, 4.69) is 20.6 Å². The Kier molecular flexibility index (Phi) is 6.04. The van der Waals surface area contributed by atoms with E-state index in [0.29, 0.717) is 19.0 Å². The van der Waals surface area contributed by atoms with Crippen molar-refractivity contribution in [3.05, 3.63) is 72.4 Å². The van der Waals surface area contributed by atoms with Gasteiger partial charge >= 0.3 is 6.03 Å². The molecular weight excluding hydrogens is 342 g/mol. The Morgan fingerprint density at radius 2 is 2.04 bits per heavy atom. The average molecular weight is 365 g/mol. The molecule has 3 aromatic rings. The maximum atomic E-state index is 12.2. The molecule has 3 rings (SSSR count). The Morgan fingerprint density at radius 3 is 2.74 bits per heavy atom. The van der Waals surface area contributed by atoms with Gasteiger partial charge in [-0.2, -0.15) is 0 Å². The molecular formula is C20H23N5O2. The molecule has 2 amide bonds. The number of hydrogen-bond donors (Lipinski definition) is 2. The minimum absolute atomic E-state index is 0.123. The lowest BCUT2D eigenvalue weighted by atomic mass is 10.1. The number of nitrogens with one attached hydrogen (secondary N) is 2. The van der Waals surface area contributed by atoms with Gasteiger partial charge in [-0.3, -0.25) is 0 Å². The molecule has 2 N–H and O–H groups in total. The third kappa shape index (κ3) is 4.84. The highest BCUT2D eigenvalue weighted by Gasteiger charge is 2.11. The van der Waals surface area contributed by atoms with Crippen LogP contribution in [0.4, 0.5) is 4.79 Å². The second-order valence-corrected chi connectivity index (χ2v) is 6.01. The molecule has 1 atom stereocenters. The number of nitrogens with zero attached hydrogens (tertiary/aromatic N) is 3. The van der Waals surface area contributed by atoms with Gasteiger partial charge in [-0.15, -0.1) is 0 Å². The van der Waals surface area contributed by atoms with E-state index in [1.807, 2.05) is 61.0 Å². The molecule has 140 valence electrons. The summed E-state index contributed by atoms with van der Waals surface area (Å²) >= 11 is 0. The number of imidazole rings is 1. The summed E-state index contributed by atoms with van der Waals surface area (Å²) in [6, 6.07) is 11.3. The molecule has 0 aliphatic heterocycles. The molecule has 0 unspecified atom stereocenters. The van der Waals surface area contributed by atoms with E-state index >= 15 is 0 Å². The molecule has 0 saturated carbocycles. The van der Waals surface area contributed by atoms with Gasteiger partial charge in [-0.05, 0) is 37.6 Å². The van der Waals surface area contributed by atoms with Gasteiger partial charge < -0.3 is 19.9 Å². The van der Waals surface area contributed by atoms with Crippen LogP contribution in [0, 0.1) is 0 Å². The summed E-state index contributed by atoms with van der Waals surface area (Å²) in [5, 5.41) is 5.79. The molecule has 7 heteroatoms. The van der Waals surface area contributed by atoms with Crippen LogP contribution in [0.25, 0.3) is 5.69 Å². The maximum Gasteiger partial charge on any atom is 0.315 e. The average Bonchev–Trinajstić information content (AvgIpc) is 3.22. The molecule has 0 aliphatic carbocycles.